The molecule has 2 amide bonds. The molecule has 0 aromatic heterocycles. The summed E-state index contributed by atoms with van der Waals surface area (Å²) >= 11 is 0. The number of amides is 2. The summed E-state index contributed by atoms with van der Waals surface area (Å²) in [7, 11) is 0. The van der Waals surface area contributed by atoms with Gasteiger partial charge in [0.1, 0.15) is 0 Å². The SMILES string of the molecule is Cc1cccc(NC(=O)[C@@H]2CC(=O)N([C@H](C)c3ccccc3)C2)c1C. The standard InChI is InChI=1S/C21H24N2O2/c1-14-8-7-11-19(15(14)2)22-21(25)18-12-20(24)23(13-18)16(3)17-9-5-4-6-10-17/h4-11,16,18H,12-13H2,1-3H3,(H,22,25)/t16-,18-/m1/s1. The quantitative estimate of drug-likeness (QED) is 0.922. The lowest BCUT2D eigenvalue weighted by atomic mass is 10.1. The zero-order valence-corrected chi connectivity index (χ0v) is 15.0. The van der Waals surface area contributed by atoms with Crippen molar-refractivity contribution in [3.63, 3.8) is 0 Å². The van der Waals surface area contributed by atoms with Gasteiger partial charge in [-0.1, -0.05) is 42.5 Å². The molecule has 0 saturated carbocycles. The number of nitrogens with zero attached hydrogens (tertiary/aromatic N) is 1. The lowest BCUT2D eigenvalue weighted by Gasteiger charge is -2.25. The number of aryl methyl sites for hydroxylation is 1. The average Bonchev–Trinajstić information content (AvgIpc) is 3.01. The van der Waals surface area contributed by atoms with E-state index in [1.54, 1.807) is 0 Å². The second kappa shape index (κ2) is 7.09. The zero-order valence-electron chi connectivity index (χ0n) is 15.0. The molecule has 0 unspecified atom stereocenters. The van der Waals surface area contributed by atoms with Crippen molar-refractivity contribution in [1.82, 2.24) is 4.90 Å². The fourth-order valence-electron chi connectivity index (χ4n) is 3.31. The fraction of sp³-hybridized carbons (Fsp3) is 0.333. The normalized spacial score (nSPS) is 18.3. The Hall–Kier alpha value is -2.62. The van der Waals surface area contributed by atoms with Gasteiger partial charge in [0.15, 0.2) is 0 Å². The van der Waals surface area contributed by atoms with Crippen LogP contribution in [0.2, 0.25) is 0 Å². The molecule has 2 aromatic carbocycles. The van der Waals surface area contributed by atoms with E-state index in [0.29, 0.717) is 6.54 Å². The smallest absolute Gasteiger partial charge is 0.229 e. The van der Waals surface area contributed by atoms with Gasteiger partial charge in [0, 0.05) is 18.7 Å². The van der Waals surface area contributed by atoms with Crippen molar-refractivity contribution >= 4 is 17.5 Å². The number of anilines is 1. The van der Waals surface area contributed by atoms with Crippen molar-refractivity contribution in [2.45, 2.75) is 33.2 Å². The summed E-state index contributed by atoms with van der Waals surface area (Å²) in [6.07, 6.45) is 0.272. The van der Waals surface area contributed by atoms with Gasteiger partial charge in [-0.15, -0.1) is 0 Å². The molecule has 1 aliphatic heterocycles. The van der Waals surface area contributed by atoms with Crippen molar-refractivity contribution < 1.29 is 9.59 Å². The molecule has 0 aliphatic carbocycles. The number of hydrogen-bond acceptors (Lipinski definition) is 2. The van der Waals surface area contributed by atoms with E-state index in [2.05, 4.69) is 5.32 Å². The maximum atomic E-state index is 12.6. The monoisotopic (exact) mass is 336 g/mol. The lowest BCUT2D eigenvalue weighted by Crippen LogP contribution is -2.30. The van der Waals surface area contributed by atoms with Gasteiger partial charge in [-0.05, 0) is 43.5 Å². The molecule has 1 N–H and O–H groups in total. The van der Waals surface area contributed by atoms with Crippen LogP contribution in [0, 0.1) is 19.8 Å². The molecule has 25 heavy (non-hydrogen) atoms. The third-order valence-corrected chi connectivity index (χ3v) is 5.14. The van der Waals surface area contributed by atoms with E-state index in [4.69, 9.17) is 0 Å². The maximum absolute atomic E-state index is 12.6. The Balaban J connectivity index is 1.69. The molecule has 1 aliphatic rings. The number of carbonyl (C=O) groups excluding carboxylic acids is 2. The second-order valence-corrected chi connectivity index (χ2v) is 6.77. The van der Waals surface area contributed by atoms with Crippen molar-refractivity contribution in [3.8, 4) is 0 Å². The summed E-state index contributed by atoms with van der Waals surface area (Å²) < 4.78 is 0. The van der Waals surface area contributed by atoms with Crippen molar-refractivity contribution in [3.05, 3.63) is 65.2 Å². The first-order chi connectivity index (χ1) is 12.0. The summed E-state index contributed by atoms with van der Waals surface area (Å²) in [5, 5.41) is 2.99. The zero-order chi connectivity index (χ0) is 18.0. The van der Waals surface area contributed by atoms with Gasteiger partial charge in [0.05, 0.1) is 12.0 Å². The minimum atomic E-state index is -0.307. The van der Waals surface area contributed by atoms with Crippen LogP contribution in [0.1, 0.15) is 36.1 Å². The highest BCUT2D eigenvalue weighted by atomic mass is 16.2. The molecular formula is C21H24N2O2. The molecule has 1 fully saturated rings. The van der Waals surface area contributed by atoms with Crippen LogP contribution in [0.5, 0.6) is 0 Å². The highest BCUT2D eigenvalue weighted by Crippen LogP contribution is 2.29. The largest absolute Gasteiger partial charge is 0.335 e. The molecule has 0 bridgehead atoms. The van der Waals surface area contributed by atoms with Crippen molar-refractivity contribution in [2.75, 3.05) is 11.9 Å². The second-order valence-electron chi connectivity index (χ2n) is 6.77. The van der Waals surface area contributed by atoms with Crippen LogP contribution in [0.4, 0.5) is 5.69 Å². The van der Waals surface area contributed by atoms with Crippen molar-refractivity contribution in [2.24, 2.45) is 5.92 Å². The van der Waals surface area contributed by atoms with Gasteiger partial charge < -0.3 is 10.2 Å². The van der Waals surface area contributed by atoms with E-state index in [1.165, 1.54) is 0 Å². The van der Waals surface area contributed by atoms with Crippen LogP contribution in [0.15, 0.2) is 48.5 Å². The van der Waals surface area contributed by atoms with Crippen LogP contribution >= 0.6 is 0 Å². The van der Waals surface area contributed by atoms with E-state index < -0.39 is 0 Å². The highest BCUT2D eigenvalue weighted by Gasteiger charge is 2.37. The van der Waals surface area contributed by atoms with Crippen molar-refractivity contribution in [1.29, 1.82) is 0 Å². The molecule has 2 atom stereocenters. The molecule has 4 nitrogen and oxygen atoms in total. The van der Waals surface area contributed by atoms with Crippen LogP contribution in [-0.4, -0.2) is 23.3 Å². The van der Waals surface area contributed by atoms with E-state index in [0.717, 1.165) is 22.4 Å². The summed E-state index contributed by atoms with van der Waals surface area (Å²) in [4.78, 5) is 26.9. The van der Waals surface area contributed by atoms with E-state index in [-0.39, 0.29) is 30.2 Å². The number of carbonyl (C=O) groups is 2. The molecule has 1 heterocycles. The molecule has 1 saturated heterocycles. The predicted molar refractivity (Wildman–Crippen MR) is 99.2 cm³/mol. The minimum absolute atomic E-state index is 0.0211. The Labute approximate surface area is 148 Å². The van der Waals surface area contributed by atoms with Crippen LogP contribution in [0.3, 0.4) is 0 Å². The molecular weight excluding hydrogens is 312 g/mol. The summed E-state index contributed by atoms with van der Waals surface area (Å²) in [5.74, 6) is -0.346. The topological polar surface area (TPSA) is 49.4 Å². The molecule has 2 aromatic rings. The number of nitrogens with one attached hydrogen (secondary N) is 1. The third-order valence-electron chi connectivity index (χ3n) is 5.14. The summed E-state index contributed by atoms with van der Waals surface area (Å²) in [5.41, 5.74) is 4.12. The first-order valence-electron chi connectivity index (χ1n) is 8.69. The van der Waals surface area contributed by atoms with Gasteiger partial charge in [0.25, 0.3) is 0 Å². The molecule has 0 radical (unpaired) electrons. The summed E-state index contributed by atoms with van der Waals surface area (Å²) in [6, 6.07) is 15.8. The maximum Gasteiger partial charge on any atom is 0.229 e. The van der Waals surface area contributed by atoms with Gasteiger partial charge in [-0.25, -0.2) is 0 Å². The Morgan fingerprint density at radius 2 is 1.84 bits per heavy atom. The fourth-order valence-corrected chi connectivity index (χ4v) is 3.31. The van der Waals surface area contributed by atoms with Crippen LogP contribution in [0.25, 0.3) is 0 Å². The van der Waals surface area contributed by atoms with E-state index in [1.807, 2.05) is 74.2 Å². The highest BCUT2D eigenvalue weighted by molar-refractivity contribution is 5.97. The summed E-state index contributed by atoms with van der Waals surface area (Å²) in [6.45, 7) is 6.49. The number of benzene rings is 2. The third kappa shape index (κ3) is 3.58. The Kier molecular flexibility index (Phi) is 4.88. The predicted octanol–water partition coefficient (Wildman–Crippen LogP) is 3.85. The first kappa shape index (κ1) is 17.2. The minimum Gasteiger partial charge on any atom is -0.335 e. The van der Waals surface area contributed by atoms with E-state index >= 15 is 0 Å². The van der Waals surface area contributed by atoms with Gasteiger partial charge in [0.2, 0.25) is 11.8 Å². The Bertz CT molecular complexity index is 786. The Morgan fingerprint density at radius 1 is 1.12 bits per heavy atom. The molecule has 130 valence electrons. The molecule has 4 heteroatoms. The molecule has 0 spiro atoms. The molecule has 3 rings (SSSR count). The number of likely N-dealkylation sites (tertiary alicyclic amines) is 1. The Morgan fingerprint density at radius 3 is 2.56 bits per heavy atom. The van der Waals surface area contributed by atoms with Gasteiger partial charge in [-0.2, -0.15) is 0 Å². The average molecular weight is 336 g/mol. The lowest BCUT2D eigenvalue weighted by molar-refractivity contribution is -0.129. The van der Waals surface area contributed by atoms with Crippen LogP contribution < -0.4 is 5.32 Å². The van der Waals surface area contributed by atoms with Crippen LogP contribution in [-0.2, 0) is 9.59 Å². The number of rotatable bonds is 4. The number of hydrogen-bond donors (Lipinski definition) is 1. The van der Waals surface area contributed by atoms with E-state index in [9.17, 15) is 9.59 Å². The van der Waals surface area contributed by atoms with Gasteiger partial charge >= 0.3 is 0 Å². The first-order valence-corrected chi connectivity index (χ1v) is 8.69. The van der Waals surface area contributed by atoms with Gasteiger partial charge in [-0.3, -0.25) is 9.59 Å².